The Kier molecular flexibility index (Phi) is 7.43. The lowest BCUT2D eigenvalue weighted by Gasteiger charge is -2.25. The van der Waals surface area contributed by atoms with Gasteiger partial charge in [-0.05, 0) is 67.3 Å². The highest BCUT2D eigenvalue weighted by Gasteiger charge is 2.33. The zero-order valence-electron chi connectivity index (χ0n) is 21.8. The lowest BCUT2D eigenvalue weighted by molar-refractivity contribution is -0.143. The van der Waals surface area contributed by atoms with Crippen molar-refractivity contribution in [2.45, 2.75) is 64.0 Å². The summed E-state index contributed by atoms with van der Waals surface area (Å²) in [6, 6.07) is 15.6. The maximum atomic E-state index is 13.8. The molecule has 0 bridgehead atoms. The largest absolute Gasteiger partial charge is 0.459 e. The molecule has 0 saturated heterocycles. The van der Waals surface area contributed by atoms with Gasteiger partial charge in [0.25, 0.3) is 5.56 Å². The first-order valence-corrected chi connectivity index (χ1v) is 14.0. The molecule has 1 unspecified atom stereocenters. The van der Waals surface area contributed by atoms with Crippen LogP contribution in [0.1, 0.15) is 64.3 Å². The average Bonchev–Trinajstić information content (AvgIpc) is 3.12. The molecule has 0 aliphatic carbocycles. The van der Waals surface area contributed by atoms with Crippen molar-refractivity contribution in [1.82, 2.24) is 4.57 Å². The van der Waals surface area contributed by atoms with E-state index in [1.807, 2.05) is 69.5 Å². The Morgan fingerprint density at radius 3 is 2.31 bits per heavy atom. The molecule has 0 spiro atoms. The molecule has 188 valence electrons. The number of esters is 1. The summed E-state index contributed by atoms with van der Waals surface area (Å²) in [7, 11) is 0. The number of ether oxygens (including phenoxy) is 1. The van der Waals surface area contributed by atoms with Crippen molar-refractivity contribution >= 4 is 35.1 Å². The molecule has 1 atom stereocenters. The topological polar surface area (TPSA) is 60.7 Å². The van der Waals surface area contributed by atoms with Crippen LogP contribution in [0.5, 0.6) is 0 Å². The van der Waals surface area contributed by atoms with E-state index < -0.39 is 12.0 Å². The molecule has 7 heteroatoms. The number of aromatic nitrogens is 1. The van der Waals surface area contributed by atoms with Crippen LogP contribution in [0.15, 0.2) is 74.5 Å². The van der Waals surface area contributed by atoms with Crippen molar-refractivity contribution in [1.29, 1.82) is 0 Å². The van der Waals surface area contributed by atoms with Gasteiger partial charge >= 0.3 is 5.97 Å². The fourth-order valence-electron chi connectivity index (χ4n) is 4.19. The van der Waals surface area contributed by atoms with Crippen LogP contribution in [-0.4, -0.2) is 22.9 Å². The molecule has 2 heterocycles. The number of hydrogen-bond acceptors (Lipinski definition) is 6. The summed E-state index contributed by atoms with van der Waals surface area (Å²) in [6.45, 7) is 12.0. The van der Waals surface area contributed by atoms with Gasteiger partial charge in [-0.15, -0.1) is 11.8 Å². The fraction of sp³-hybridized carbons (Fsp3) is 0.345. The third-order valence-electron chi connectivity index (χ3n) is 6.09. The summed E-state index contributed by atoms with van der Waals surface area (Å²) in [6.07, 6.45) is 3.63. The summed E-state index contributed by atoms with van der Waals surface area (Å²) in [5.41, 5.74) is 3.89. The maximum Gasteiger partial charge on any atom is 0.338 e. The van der Waals surface area contributed by atoms with E-state index in [0.29, 0.717) is 20.6 Å². The van der Waals surface area contributed by atoms with Gasteiger partial charge in [-0.2, -0.15) is 0 Å². The molecular weight excluding hydrogens is 488 g/mol. The van der Waals surface area contributed by atoms with Gasteiger partial charge in [0.05, 0.1) is 27.9 Å². The molecule has 1 aromatic heterocycles. The molecule has 0 radical (unpaired) electrons. The second kappa shape index (κ2) is 10.2. The third-order valence-corrected chi connectivity index (χ3v) is 7.82. The number of carbonyl (C=O) groups is 1. The second-order valence-electron chi connectivity index (χ2n) is 10.2. The molecule has 0 amide bonds. The molecule has 0 fully saturated rings. The predicted molar refractivity (Wildman–Crippen MR) is 148 cm³/mol. The van der Waals surface area contributed by atoms with E-state index in [1.54, 1.807) is 16.3 Å². The van der Waals surface area contributed by atoms with Gasteiger partial charge < -0.3 is 4.74 Å². The summed E-state index contributed by atoms with van der Waals surface area (Å²) < 4.78 is 7.79. The summed E-state index contributed by atoms with van der Waals surface area (Å²) in [4.78, 5) is 33.3. The first-order valence-electron chi connectivity index (χ1n) is 12.0. The van der Waals surface area contributed by atoms with Crippen LogP contribution in [0.3, 0.4) is 0 Å². The van der Waals surface area contributed by atoms with Crippen molar-refractivity contribution in [2.75, 3.05) is 6.26 Å². The van der Waals surface area contributed by atoms with Gasteiger partial charge in [0.1, 0.15) is 0 Å². The normalized spacial score (nSPS) is 16.2. The fourth-order valence-corrected chi connectivity index (χ4v) is 5.65. The van der Waals surface area contributed by atoms with Crippen molar-refractivity contribution in [3.8, 4) is 0 Å². The van der Waals surface area contributed by atoms with E-state index in [9.17, 15) is 9.59 Å². The van der Waals surface area contributed by atoms with E-state index in [-0.39, 0.29) is 17.1 Å². The SMILES string of the molecule is CSc1ccc(C2C(C(=O)OC(C)C)=C(C)N=c3sc(=Cc4ccc(C(C)(C)C)cc4)c(=O)n32)cc1. The molecule has 5 nitrogen and oxygen atoms in total. The molecule has 36 heavy (non-hydrogen) atoms. The van der Waals surface area contributed by atoms with Gasteiger partial charge in [-0.3, -0.25) is 9.36 Å². The van der Waals surface area contributed by atoms with Gasteiger partial charge in [0, 0.05) is 4.90 Å². The minimum atomic E-state index is -0.603. The molecular formula is C29H32N2O3S2. The maximum absolute atomic E-state index is 13.8. The molecule has 3 aromatic rings. The van der Waals surface area contributed by atoms with Crippen LogP contribution in [-0.2, 0) is 14.9 Å². The Hall–Kier alpha value is -2.90. The Bertz CT molecular complexity index is 1490. The van der Waals surface area contributed by atoms with E-state index in [4.69, 9.17) is 4.74 Å². The van der Waals surface area contributed by atoms with E-state index in [2.05, 4.69) is 37.9 Å². The smallest absolute Gasteiger partial charge is 0.338 e. The molecule has 4 rings (SSSR count). The summed E-state index contributed by atoms with van der Waals surface area (Å²) in [5.74, 6) is -0.447. The Morgan fingerprint density at radius 2 is 1.75 bits per heavy atom. The van der Waals surface area contributed by atoms with Crippen molar-refractivity contribution in [3.05, 3.63) is 96.2 Å². The highest BCUT2D eigenvalue weighted by molar-refractivity contribution is 7.98. The number of benzene rings is 2. The van der Waals surface area contributed by atoms with Crippen molar-refractivity contribution in [2.24, 2.45) is 4.99 Å². The molecule has 0 N–H and O–H groups in total. The highest BCUT2D eigenvalue weighted by Crippen LogP contribution is 2.32. The number of hydrogen-bond donors (Lipinski definition) is 0. The van der Waals surface area contributed by atoms with Gasteiger partial charge in [0.15, 0.2) is 4.80 Å². The number of nitrogens with zero attached hydrogens (tertiary/aromatic N) is 2. The zero-order valence-corrected chi connectivity index (χ0v) is 23.4. The quantitative estimate of drug-likeness (QED) is 0.342. The van der Waals surface area contributed by atoms with E-state index in [0.717, 1.165) is 16.0 Å². The number of carbonyl (C=O) groups excluding carboxylic acids is 1. The van der Waals surface area contributed by atoms with Crippen LogP contribution >= 0.6 is 23.1 Å². The lowest BCUT2D eigenvalue weighted by atomic mass is 9.87. The van der Waals surface area contributed by atoms with Crippen LogP contribution in [0.25, 0.3) is 6.08 Å². The average molecular weight is 521 g/mol. The van der Waals surface area contributed by atoms with E-state index in [1.165, 1.54) is 16.9 Å². The monoisotopic (exact) mass is 520 g/mol. The molecule has 0 saturated carbocycles. The summed E-state index contributed by atoms with van der Waals surface area (Å²) >= 11 is 2.98. The minimum Gasteiger partial charge on any atom is -0.459 e. The van der Waals surface area contributed by atoms with Crippen LogP contribution < -0.4 is 14.9 Å². The van der Waals surface area contributed by atoms with Gasteiger partial charge in [-0.25, -0.2) is 9.79 Å². The Balaban J connectivity index is 1.88. The Morgan fingerprint density at radius 1 is 1.11 bits per heavy atom. The number of allylic oxidation sites excluding steroid dienone is 1. The third kappa shape index (κ3) is 5.27. The number of fused-ring (bicyclic) bond motifs is 1. The van der Waals surface area contributed by atoms with Gasteiger partial charge in [0.2, 0.25) is 0 Å². The number of thiazole rings is 1. The van der Waals surface area contributed by atoms with Crippen molar-refractivity contribution < 1.29 is 9.53 Å². The predicted octanol–water partition coefficient (Wildman–Crippen LogP) is 5.21. The molecule has 1 aliphatic rings. The van der Waals surface area contributed by atoms with E-state index >= 15 is 0 Å². The van der Waals surface area contributed by atoms with Crippen LogP contribution in [0, 0.1) is 0 Å². The zero-order chi connectivity index (χ0) is 26.2. The standard InChI is InChI=1S/C29H32N2O3S2/c1-17(2)34-27(33)24-18(3)30-28-31(25(24)20-10-14-22(35-7)15-11-20)26(32)23(36-28)16-19-8-12-21(13-9-19)29(4,5)6/h8-17,25H,1-7H3. The molecule has 1 aliphatic heterocycles. The Labute approximate surface area is 220 Å². The van der Waals surface area contributed by atoms with Crippen LogP contribution in [0.2, 0.25) is 0 Å². The number of thioether (sulfide) groups is 1. The first-order chi connectivity index (χ1) is 17.0. The van der Waals surface area contributed by atoms with Gasteiger partial charge in [-0.1, -0.05) is 68.5 Å². The van der Waals surface area contributed by atoms with Crippen LogP contribution in [0.4, 0.5) is 0 Å². The number of rotatable bonds is 5. The van der Waals surface area contributed by atoms with Crippen molar-refractivity contribution in [3.63, 3.8) is 0 Å². The second-order valence-corrected chi connectivity index (χ2v) is 12.1. The highest BCUT2D eigenvalue weighted by atomic mass is 32.2. The summed E-state index contributed by atoms with van der Waals surface area (Å²) in [5, 5.41) is 0. The minimum absolute atomic E-state index is 0.0578. The first kappa shape index (κ1) is 26.2. The lowest BCUT2D eigenvalue weighted by Crippen LogP contribution is -2.40. The molecule has 2 aromatic carbocycles.